The smallest absolute Gasteiger partial charge is 0.256 e. The van der Waals surface area contributed by atoms with Crippen molar-refractivity contribution in [3.05, 3.63) is 46.8 Å². The van der Waals surface area contributed by atoms with Crippen LogP contribution in [0.15, 0.2) is 18.2 Å². The minimum absolute atomic E-state index is 0.157. The Morgan fingerprint density at radius 3 is 2.56 bits per heavy atom. The van der Waals surface area contributed by atoms with E-state index in [4.69, 9.17) is 0 Å². The molecular weight excluding hydrogens is 345 g/mol. The molecule has 1 saturated heterocycles. The third-order valence-corrected chi connectivity index (χ3v) is 5.13. The van der Waals surface area contributed by atoms with E-state index < -0.39 is 5.82 Å². The summed E-state index contributed by atoms with van der Waals surface area (Å²) in [4.78, 5) is 16.5. The van der Waals surface area contributed by atoms with Crippen LogP contribution in [0.25, 0.3) is 0 Å². The maximum atomic E-state index is 14.1. The number of carbonyl (C=O) groups is 1. The van der Waals surface area contributed by atoms with Crippen LogP contribution in [0.3, 0.4) is 0 Å². The third kappa shape index (κ3) is 4.18. The van der Waals surface area contributed by atoms with Gasteiger partial charge in [0.1, 0.15) is 17.5 Å². The highest BCUT2D eigenvalue weighted by Crippen LogP contribution is 2.28. The summed E-state index contributed by atoms with van der Waals surface area (Å²) in [6, 6.07) is 4.77. The number of likely N-dealkylation sites (tertiary alicyclic amines) is 1. The third-order valence-electron chi connectivity index (χ3n) is 5.13. The van der Waals surface area contributed by atoms with E-state index in [0.717, 1.165) is 43.1 Å². The molecule has 0 N–H and O–H groups in total. The van der Waals surface area contributed by atoms with Gasteiger partial charge in [-0.1, -0.05) is 6.07 Å². The molecule has 6 nitrogen and oxygen atoms in total. The molecule has 0 unspecified atom stereocenters. The van der Waals surface area contributed by atoms with Crippen LogP contribution in [-0.2, 0) is 13.1 Å². The van der Waals surface area contributed by atoms with Crippen molar-refractivity contribution in [3.8, 4) is 0 Å². The number of halogens is 1. The molecule has 0 atom stereocenters. The standard InChI is InChI=1S/C20H28FN5O/c1-5-26-18(13-24(3)4)22-23-19(26)15-8-10-25(11-9-15)20(27)16-7-6-14(2)12-17(16)21/h6-7,12,15H,5,8-11,13H2,1-4H3. The highest BCUT2D eigenvalue weighted by Gasteiger charge is 2.29. The first-order valence-corrected chi connectivity index (χ1v) is 9.52. The molecule has 1 aromatic carbocycles. The largest absolute Gasteiger partial charge is 0.339 e. The number of piperidine rings is 1. The molecule has 2 aromatic rings. The molecule has 27 heavy (non-hydrogen) atoms. The topological polar surface area (TPSA) is 54.3 Å². The Morgan fingerprint density at radius 1 is 1.26 bits per heavy atom. The summed E-state index contributed by atoms with van der Waals surface area (Å²) in [5.41, 5.74) is 0.972. The Balaban J connectivity index is 1.68. The van der Waals surface area contributed by atoms with Gasteiger partial charge in [-0.25, -0.2) is 4.39 Å². The van der Waals surface area contributed by atoms with Crippen LogP contribution in [0, 0.1) is 12.7 Å². The zero-order valence-corrected chi connectivity index (χ0v) is 16.6. The van der Waals surface area contributed by atoms with E-state index in [1.54, 1.807) is 17.0 Å². The van der Waals surface area contributed by atoms with Gasteiger partial charge in [-0.3, -0.25) is 4.79 Å². The van der Waals surface area contributed by atoms with Gasteiger partial charge in [0.25, 0.3) is 5.91 Å². The molecule has 0 aliphatic carbocycles. The SMILES string of the molecule is CCn1c(CN(C)C)nnc1C1CCN(C(=O)c2ccc(C)cc2F)CC1. The maximum absolute atomic E-state index is 14.1. The van der Waals surface area contributed by atoms with Crippen LogP contribution in [0.2, 0.25) is 0 Å². The van der Waals surface area contributed by atoms with Crippen molar-refractivity contribution >= 4 is 5.91 Å². The molecule has 1 amide bonds. The van der Waals surface area contributed by atoms with Crippen LogP contribution in [0.4, 0.5) is 4.39 Å². The Labute approximate surface area is 160 Å². The number of nitrogens with zero attached hydrogens (tertiary/aromatic N) is 5. The number of hydrogen-bond donors (Lipinski definition) is 0. The van der Waals surface area contributed by atoms with E-state index in [1.165, 1.54) is 6.07 Å². The van der Waals surface area contributed by atoms with Gasteiger partial charge in [0, 0.05) is 25.6 Å². The number of benzene rings is 1. The van der Waals surface area contributed by atoms with Crippen LogP contribution in [0.5, 0.6) is 0 Å². The minimum Gasteiger partial charge on any atom is -0.339 e. The Morgan fingerprint density at radius 2 is 1.96 bits per heavy atom. The number of carbonyl (C=O) groups excluding carboxylic acids is 1. The second kappa shape index (κ2) is 8.17. The molecule has 1 aromatic heterocycles. The summed E-state index contributed by atoms with van der Waals surface area (Å²) in [6.45, 7) is 6.72. The number of hydrogen-bond acceptors (Lipinski definition) is 4. The van der Waals surface area contributed by atoms with E-state index >= 15 is 0 Å². The predicted molar refractivity (Wildman–Crippen MR) is 102 cm³/mol. The molecule has 2 heterocycles. The lowest BCUT2D eigenvalue weighted by molar-refractivity contribution is 0.0705. The molecule has 3 rings (SSSR count). The first-order chi connectivity index (χ1) is 12.9. The lowest BCUT2D eigenvalue weighted by atomic mass is 9.95. The molecule has 1 aliphatic heterocycles. The molecule has 1 fully saturated rings. The quantitative estimate of drug-likeness (QED) is 0.809. The van der Waals surface area contributed by atoms with E-state index in [1.807, 2.05) is 21.0 Å². The maximum Gasteiger partial charge on any atom is 0.256 e. The lowest BCUT2D eigenvalue weighted by Crippen LogP contribution is -2.38. The monoisotopic (exact) mass is 373 g/mol. The fourth-order valence-electron chi connectivity index (χ4n) is 3.70. The van der Waals surface area contributed by atoms with E-state index in [9.17, 15) is 9.18 Å². The van der Waals surface area contributed by atoms with Gasteiger partial charge < -0.3 is 14.4 Å². The summed E-state index contributed by atoms with van der Waals surface area (Å²) in [5, 5.41) is 8.80. The number of aromatic nitrogens is 3. The van der Waals surface area contributed by atoms with Crippen molar-refractivity contribution < 1.29 is 9.18 Å². The fourth-order valence-corrected chi connectivity index (χ4v) is 3.70. The summed E-state index contributed by atoms with van der Waals surface area (Å²) in [6.07, 6.45) is 1.64. The van der Waals surface area contributed by atoms with Crippen LogP contribution >= 0.6 is 0 Å². The summed E-state index contributed by atoms with van der Waals surface area (Å²) in [7, 11) is 4.03. The van der Waals surface area contributed by atoms with Crippen LogP contribution in [-0.4, -0.2) is 57.7 Å². The summed E-state index contributed by atoms with van der Waals surface area (Å²) >= 11 is 0. The van der Waals surface area contributed by atoms with Gasteiger partial charge in [0.15, 0.2) is 0 Å². The second-order valence-electron chi connectivity index (χ2n) is 7.51. The van der Waals surface area contributed by atoms with Gasteiger partial charge in [-0.2, -0.15) is 0 Å². The molecule has 0 bridgehead atoms. The van der Waals surface area contributed by atoms with Gasteiger partial charge in [-0.15, -0.1) is 10.2 Å². The summed E-state index contributed by atoms with van der Waals surface area (Å²) in [5.74, 6) is 1.58. The first kappa shape index (κ1) is 19.5. The zero-order valence-electron chi connectivity index (χ0n) is 16.6. The van der Waals surface area contributed by atoms with Crippen molar-refractivity contribution in [2.24, 2.45) is 0 Å². The molecule has 146 valence electrons. The van der Waals surface area contributed by atoms with Gasteiger partial charge >= 0.3 is 0 Å². The summed E-state index contributed by atoms with van der Waals surface area (Å²) < 4.78 is 16.3. The molecule has 0 radical (unpaired) electrons. The fraction of sp³-hybridized carbons (Fsp3) is 0.550. The first-order valence-electron chi connectivity index (χ1n) is 9.52. The normalized spacial score (nSPS) is 15.6. The number of amides is 1. The van der Waals surface area contributed by atoms with Crippen molar-refractivity contribution in [1.29, 1.82) is 0 Å². The van der Waals surface area contributed by atoms with E-state index in [0.29, 0.717) is 13.1 Å². The Hall–Kier alpha value is -2.28. The molecule has 1 aliphatic rings. The highest BCUT2D eigenvalue weighted by atomic mass is 19.1. The molecule has 0 saturated carbocycles. The predicted octanol–water partition coefficient (Wildman–Crippen LogP) is 2.83. The highest BCUT2D eigenvalue weighted by molar-refractivity contribution is 5.94. The van der Waals surface area contributed by atoms with Gasteiger partial charge in [-0.05, 0) is 58.5 Å². The number of rotatable bonds is 5. The molecular formula is C20H28FN5O. The lowest BCUT2D eigenvalue weighted by Gasteiger charge is -2.32. The zero-order chi connectivity index (χ0) is 19.6. The van der Waals surface area contributed by atoms with Crippen molar-refractivity contribution in [2.75, 3.05) is 27.2 Å². The second-order valence-corrected chi connectivity index (χ2v) is 7.51. The van der Waals surface area contributed by atoms with Crippen molar-refractivity contribution in [3.63, 3.8) is 0 Å². The van der Waals surface area contributed by atoms with Crippen molar-refractivity contribution in [1.82, 2.24) is 24.6 Å². The van der Waals surface area contributed by atoms with E-state index in [-0.39, 0.29) is 17.4 Å². The van der Waals surface area contributed by atoms with E-state index in [2.05, 4.69) is 26.6 Å². The van der Waals surface area contributed by atoms with Crippen molar-refractivity contribution in [2.45, 2.75) is 45.7 Å². The minimum atomic E-state index is -0.443. The van der Waals surface area contributed by atoms with Gasteiger partial charge in [0.2, 0.25) is 0 Å². The van der Waals surface area contributed by atoms with Gasteiger partial charge in [0.05, 0.1) is 12.1 Å². The van der Waals surface area contributed by atoms with Crippen LogP contribution < -0.4 is 0 Å². The molecule has 0 spiro atoms. The average molecular weight is 373 g/mol. The molecule has 7 heteroatoms. The van der Waals surface area contributed by atoms with Crippen LogP contribution in [0.1, 0.15) is 53.3 Å². The number of aryl methyl sites for hydroxylation is 1. The average Bonchev–Trinajstić information content (AvgIpc) is 3.03. The Bertz CT molecular complexity index is 809. The Kier molecular flexibility index (Phi) is 5.89.